The Bertz CT molecular complexity index is 718. The highest BCUT2D eigenvalue weighted by molar-refractivity contribution is 5.90. The molecule has 0 spiro atoms. The minimum atomic E-state index is -0.267. The molecule has 0 saturated carbocycles. The summed E-state index contributed by atoms with van der Waals surface area (Å²) in [6.07, 6.45) is 3.06. The zero-order valence-electron chi connectivity index (χ0n) is 12.2. The molecular weight excluding hydrogens is 268 g/mol. The molecule has 0 saturated heterocycles. The molecular formula is C14H18N6O. The molecule has 0 radical (unpaired) electrons. The summed E-state index contributed by atoms with van der Waals surface area (Å²) in [4.78, 5) is 20.6. The lowest BCUT2D eigenvalue weighted by molar-refractivity contribution is 0.0946. The Labute approximate surface area is 122 Å². The first kappa shape index (κ1) is 13.7. The zero-order chi connectivity index (χ0) is 14.8. The number of nitrogens with one attached hydrogen (secondary N) is 2. The Kier molecular flexibility index (Phi) is 3.66. The van der Waals surface area contributed by atoms with Crippen LogP contribution in [0.4, 0.5) is 0 Å². The minimum absolute atomic E-state index is 0.158. The van der Waals surface area contributed by atoms with E-state index in [0.717, 1.165) is 30.9 Å². The van der Waals surface area contributed by atoms with Gasteiger partial charge >= 0.3 is 0 Å². The number of nitrogens with zero attached hydrogens (tertiary/aromatic N) is 4. The van der Waals surface area contributed by atoms with Crippen molar-refractivity contribution in [3.8, 4) is 0 Å². The van der Waals surface area contributed by atoms with Gasteiger partial charge in [0.25, 0.3) is 11.7 Å². The number of fused-ring (bicyclic) bond motifs is 1. The molecule has 7 nitrogen and oxygen atoms in total. The highest BCUT2D eigenvalue weighted by Crippen LogP contribution is 2.06. The first-order chi connectivity index (χ1) is 10.1. The molecule has 0 aliphatic carbocycles. The molecule has 0 atom stereocenters. The van der Waals surface area contributed by atoms with E-state index >= 15 is 0 Å². The maximum atomic E-state index is 12.1. The highest BCUT2D eigenvalue weighted by Gasteiger charge is 2.15. The average molecular weight is 286 g/mol. The molecule has 0 unspecified atom stereocenters. The molecule has 2 aromatic rings. The van der Waals surface area contributed by atoms with Crippen LogP contribution in [0, 0.1) is 13.8 Å². The second-order valence-corrected chi connectivity index (χ2v) is 5.19. The van der Waals surface area contributed by atoms with Crippen molar-refractivity contribution < 1.29 is 4.79 Å². The molecule has 7 heteroatoms. The van der Waals surface area contributed by atoms with Gasteiger partial charge in [0.05, 0.1) is 0 Å². The molecule has 2 aromatic heterocycles. The number of hydrogen-bond acceptors (Lipinski definition) is 5. The number of carbonyl (C=O) groups is 1. The third kappa shape index (κ3) is 2.92. The van der Waals surface area contributed by atoms with E-state index in [9.17, 15) is 4.79 Å². The number of aryl methyl sites for hydroxylation is 2. The normalized spacial score (nSPS) is 15.0. The van der Waals surface area contributed by atoms with Gasteiger partial charge in [0.1, 0.15) is 0 Å². The fourth-order valence-corrected chi connectivity index (χ4v) is 2.37. The van der Waals surface area contributed by atoms with Crippen LogP contribution in [-0.4, -0.2) is 45.1 Å². The van der Waals surface area contributed by atoms with Gasteiger partial charge in [-0.2, -0.15) is 4.98 Å². The average Bonchev–Trinajstić information content (AvgIpc) is 2.90. The van der Waals surface area contributed by atoms with Crippen molar-refractivity contribution in [1.82, 2.24) is 30.2 Å². The smallest absolute Gasteiger partial charge is 0.291 e. The van der Waals surface area contributed by atoms with Gasteiger partial charge in [0, 0.05) is 24.5 Å². The maximum absolute atomic E-state index is 12.1. The quantitative estimate of drug-likeness (QED) is 0.797. The summed E-state index contributed by atoms with van der Waals surface area (Å²) in [6.45, 7) is 6.17. The first-order valence-corrected chi connectivity index (χ1v) is 7.01. The number of rotatable bonds is 3. The van der Waals surface area contributed by atoms with Crippen molar-refractivity contribution in [1.29, 1.82) is 0 Å². The molecule has 1 amide bonds. The van der Waals surface area contributed by atoms with Crippen molar-refractivity contribution in [2.75, 3.05) is 19.6 Å². The molecule has 110 valence electrons. The number of aromatic nitrogens is 4. The van der Waals surface area contributed by atoms with Crippen molar-refractivity contribution in [3.63, 3.8) is 0 Å². The Morgan fingerprint density at radius 2 is 2.29 bits per heavy atom. The van der Waals surface area contributed by atoms with Crippen LogP contribution in [0.1, 0.15) is 28.4 Å². The van der Waals surface area contributed by atoms with Gasteiger partial charge in [-0.05, 0) is 32.9 Å². The van der Waals surface area contributed by atoms with E-state index in [1.807, 2.05) is 19.9 Å². The van der Waals surface area contributed by atoms with Gasteiger partial charge in [-0.1, -0.05) is 11.6 Å². The molecule has 3 rings (SSSR count). The largest absolute Gasteiger partial charge is 0.346 e. The van der Waals surface area contributed by atoms with Crippen molar-refractivity contribution in [2.45, 2.75) is 20.3 Å². The van der Waals surface area contributed by atoms with E-state index in [-0.39, 0.29) is 11.7 Å². The summed E-state index contributed by atoms with van der Waals surface area (Å²) in [7, 11) is 0. The Morgan fingerprint density at radius 1 is 1.43 bits per heavy atom. The lowest BCUT2D eigenvalue weighted by atomic mass is 10.1. The predicted molar refractivity (Wildman–Crippen MR) is 78.2 cm³/mol. The van der Waals surface area contributed by atoms with Gasteiger partial charge in [-0.3, -0.25) is 4.79 Å². The molecule has 21 heavy (non-hydrogen) atoms. The number of hydrogen-bond donors (Lipinski definition) is 2. The van der Waals surface area contributed by atoms with Gasteiger partial charge < -0.3 is 10.6 Å². The number of carbonyl (C=O) groups excluding carboxylic acids is 1. The van der Waals surface area contributed by atoms with Crippen LogP contribution < -0.4 is 10.6 Å². The van der Waals surface area contributed by atoms with Gasteiger partial charge in [0.15, 0.2) is 0 Å². The molecule has 0 bridgehead atoms. The second-order valence-electron chi connectivity index (χ2n) is 5.19. The summed E-state index contributed by atoms with van der Waals surface area (Å²) in [6, 6.07) is 1.91. The molecule has 0 fully saturated rings. The van der Waals surface area contributed by atoms with Gasteiger partial charge in [0.2, 0.25) is 5.82 Å². The maximum Gasteiger partial charge on any atom is 0.291 e. The lowest BCUT2D eigenvalue weighted by Crippen LogP contribution is -2.30. The van der Waals surface area contributed by atoms with Crippen LogP contribution in [-0.2, 0) is 0 Å². The monoisotopic (exact) mass is 286 g/mol. The van der Waals surface area contributed by atoms with Crippen LogP contribution in [0.5, 0.6) is 0 Å². The predicted octanol–water partition coefficient (Wildman–Crippen LogP) is 0.391. The number of amides is 1. The zero-order valence-corrected chi connectivity index (χ0v) is 12.2. The molecule has 0 aromatic carbocycles. The molecule has 1 aliphatic rings. The Balaban J connectivity index is 1.75. The third-order valence-electron chi connectivity index (χ3n) is 3.46. The van der Waals surface area contributed by atoms with Crippen LogP contribution in [0.15, 0.2) is 17.7 Å². The van der Waals surface area contributed by atoms with Crippen molar-refractivity contribution in [3.05, 3.63) is 34.9 Å². The van der Waals surface area contributed by atoms with E-state index in [1.165, 1.54) is 5.57 Å². The molecule has 2 N–H and O–H groups in total. The van der Waals surface area contributed by atoms with Crippen molar-refractivity contribution >= 4 is 11.7 Å². The second kappa shape index (κ2) is 5.61. The van der Waals surface area contributed by atoms with Gasteiger partial charge in [-0.15, -0.1) is 5.10 Å². The van der Waals surface area contributed by atoms with E-state index < -0.39 is 0 Å². The van der Waals surface area contributed by atoms with Crippen molar-refractivity contribution in [2.24, 2.45) is 0 Å². The third-order valence-corrected chi connectivity index (χ3v) is 3.46. The fraction of sp³-hybridized carbons (Fsp3) is 0.429. The van der Waals surface area contributed by atoms with Crippen LogP contribution in [0.25, 0.3) is 5.78 Å². The van der Waals surface area contributed by atoms with Crippen LogP contribution >= 0.6 is 0 Å². The lowest BCUT2D eigenvalue weighted by Gasteiger charge is -2.13. The molecule has 1 aliphatic heterocycles. The van der Waals surface area contributed by atoms with E-state index in [1.54, 1.807) is 4.52 Å². The summed E-state index contributed by atoms with van der Waals surface area (Å²) in [5.74, 6) is 0.349. The van der Waals surface area contributed by atoms with Crippen LogP contribution in [0.2, 0.25) is 0 Å². The topological polar surface area (TPSA) is 84.2 Å². The fourth-order valence-electron chi connectivity index (χ4n) is 2.37. The highest BCUT2D eigenvalue weighted by atomic mass is 16.2. The Morgan fingerprint density at radius 3 is 3.05 bits per heavy atom. The summed E-state index contributed by atoms with van der Waals surface area (Å²) in [5.41, 5.74) is 3.00. The summed E-state index contributed by atoms with van der Waals surface area (Å²) in [5, 5.41) is 10.3. The first-order valence-electron chi connectivity index (χ1n) is 7.01. The van der Waals surface area contributed by atoms with E-state index in [2.05, 4.69) is 31.8 Å². The standard InChI is InChI=1S/C14H18N6O/c1-9-7-10(2)20-14(17-9)18-12(19-20)13(21)16-8-11-3-5-15-6-4-11/h3,7,15H,4-6,8H2,1-2H3,(H,16,21). The van der Waals surface area contributed by atoms with Crippen LogP contribution in [0.3, 0.4) is 0 Å². The SMILES string of the molecule is Cc1cc(C)n2nc(C(=O)NCC3=CCNCC3)nc2n1. The minimum Gasteiger partial charge on any atom is -0.346 e. The van der Waals surface area contributed by atoms with E-state index in [4.69, 9.17) is 0 Å². The molecule has 3 heterocycles. The summed E-state index contributed by atoms with van der Waals surface area (Å²) < 4.78 is 1.59. The Hall–Kier alpha value is -2.28. The van der Waals surface area contributed by atoms with E-state index in [0.29, 0.717) is 12.3 Å². The van der Waals surface area contributed by atoms with Gasteiger partial charge in [-0.25, -0.2) is 9.50 Å². The summed E-state index contributed by atoms with van der Waals surface area (Å²) >= 11 is 0.